The number of nitriles is 1. The minimum atomic E-state index is -0.285. The van der Waals surface area contributed by atoms with Crippen LogP contribution < -0.4 is 5.73 Å². The number of piperidine rings is 1. The fourth-order valence-corrected chi connectivity index (χ4v) is 1.80. The van der Waals surface area contributed by atoms with Crippen LogP contribution in [0.2, 0.25) is 0 Å². The van der Waals surface area contributed by atoms with Crippen LogP contribution in [0.4, 0.5) is 0 Å². The van der Waals surface area contributed by atoms with Gasteiger partial charge >= 0.3 is 0 Å². The molecule has 78 valence electrons. The average Bonchev–Trinajstić information content (AvgIpc) is 2.18. The molecule has 4 nitrogen and oxygen atoms in total. The van der Waals surface area contributed by atoms with Gasteiger partial charge in [-0.2, -0.15) is 5.26 Å². The maximum atomic E-state index is 10.9. The number of primary amides is 1. The van der Waals surface area contributed by atoms with Gasteiger partial charge in [-0.15, -0.1) is 0 Å². The Labute approximate surface area is 84.7 Å². The van der Waals surface area contributed by atoms with Crippen molar-refractivity contribution in [3.63, 3.8) is 0 Å². The number of carbonyl (C=O) groups is 1. The van der Waals surface area contributed by atoms with Crippen LogP contribution in [0.1, 0.15) is 26.2 Å². The number of hydrogen-bond donors (Lipinski definition) is 1. The zero-order valence-corrected chi connectivity index (χ0v) is 8.57. The number of amides is 1. The summed E-state index contributed by atoms with van der Waals surface area (Å²) in [6, 6.07) is 2.25. The second kappa shape index (κ2) is 4.97. The highest BCUT2D eigenvalue weighted by Gasteiger charge is 2.24. The summed E-state index contributed by atoms with van der Waals surface area (Å²) in [5, 5.41) is 8.91. The predicted molar refractivity (Wildman–Crippen MR) is 53.2 cm³/mol. The van der Waals surface area contributed by atoms with Crippen LogP contribution >= 0.6 is 0 Å². The summed E-state index contributed by atoms with van der Waals surface area (Å²) in [5.74, 6) is -0.448. The first-order chi connectivity index (χ1) is 6.65. The van der Waals surface area contributed by atoms with Crippen molar-refractivity contribution in [2.24, 2.45) is 11.7 Å². The number of hydrogen-bond acceptors (Lipinski definition) is 3. The summed E-state index contributed by atoms with van der Waals surface area (Å²) >= 11 is 0. The molecule has 1 heterocycles. The third kappa shape index (κ3) is 2.71. The Kier molecular flexibility index (Phi) is 3.90. The first-order valence-electron chi connectivity index (χ1n) is 5.08. The summed E-state index contributed by atoms with van der Waals surface area (Å²) < 4.78 is 0. The van der Waals surface area contributed by atoms with Crippen LogP contribution in [-0.4, -0.2) is 29.9 Å². The molecule has 1 aliphatic heterocycles. The Hall–Kier alpha value is -1.08. The third-order valence-corrected chi connectivity index (χ3v) is 2.76. The maximum absolute atomic E-state index is 10.9. The fraction of sp³-hybridized carbons (Fsp3) is 0.800. The van der Waals surface area contributed by atoms with Gasteiger partial charge in [-0.3, -0.25) is 9.69 Å². The van der Waals surface area contributed by atoms with Crippen molar-refractivity contribution in [2.45, 2.75) is 32.2 Å². The quantitative estimate of drug-likeness (QED) is 0.712. The number of nitrogens with zero attached hydrogens (tertiary/aromatic N) is 2. The van der Waals surface area contributed by atoms with Crippen LogP contribution in [-0.2, 0) is 4.79 Å². The summed E-state index contributed by atoms with van der Waals surface area (Å²) in [4.78, 5) is 12.9. The summed E-state index contributed by atoms with van der Waals surface area (Å²) in [6.07, 6.45) is 3.14. The first kappa shape index (κ1) is 11.0. The second-order valence-electron chi connectivity index (χ2n) is 3.94. The van der Waals surface area contributed by atoms with Crippen LogP contribution in [0, 0.1) is 17.2 Å². The normalized spacial score (nSPS) is 25.3. The van der Waals surface area contributed by atoms with E-state index in [1.54, 1.807) is 0 Å². The Morgan fingerprint density at radius 3 is 3.00 bits per heavy atom. The lowest BCUT2D eigenvalue weighted by Crippen LogP contribution is -2.43. The molecule has 0 radical (unpaired) electrons. The minimum absolute atomic E-state index is 0.0226. The topological polar surface area (TPSA) is 70.1 Å². The van der Waals surface area contributed by atoms with Crippen LogP contribution in [0.25, 0.3) is 0 Å². The third-order valence-electron chi connectivity index (χ3n) is 2.76. The molecule has 0 aromatic carbocycles. The van der Waals surface area contributed by atoms with Crippen molar-refractivity contribution in [1.82, 2.24) is 4.90 Å². The lowest BCUT2D eigenvalue weighted by molar-refractivity contribution is -0.122. The average molecular weight is 195 g/mol. The molecule has 1 saturated heterocycles. The molecule has 0 saturated carbocycles. The highest BCUT2D eigenvalue weighted by atomic mass is 16.1. The molecule has 1 amide bonds. The van der Waals surface area contributed by atoms with Crippen molar-refractivity contribution in [3.8, 4) is 6.07 Å². The van der Waals surface area contributed by atoms with E-state index in [0.29, 0.717) is 6.54 Å². The number of carbonyl (C=O) groups excluding carboxylic acids is 1. The Balaban J connectivity index is 2.49. The molecule has 0 bridgehead atoms. The second-order valence-corrected chi connectivity index (χ2v) is 3.94. The zero-order valence-electron chi connectivity index (χ0n) is 8.57. The molecule has 14 heavy (non-hydrogen) atoms. The molecule has 1 fully saturated rings. The maximum Gasteiger partial charge on any atom is 0.221 e. The summed E-state index contributed by atoms with van der Waals surface area (Å²) in [6.45, 7) is 3.34. The van der Waals surface area contributed by atoms with Crippen molar-refractivity contribution in [1.29, 1.82) is 5.26 Å². The molecule has 0 aromatic heterocycles. The van der Waals surface area contributed by atoms with Gasteiger partial charge in [0.2, 0.25) is 5.91 Å². The van der Waals surface area contributed by atoms with Crippen molar-refractivity contribution in [2.75, 3.05) is 13.1 Å². The van der Waals surface area contributed by atoms with E-state index >= 15 is 0 Å². The molecule has 2 unspecified atom stereocenters. The highest BCUT2D eigenvalue weighted by Crippen LogP contribution is 2.17. The van der Waals surface area contributed by atoms with Gasteiger partial charge in [0.25, 0.3) is 0 Å². The minimum Gasteiger partial charge on any atom is -0.369 e. The molecule has 0 aromatic rings. The van der Waals surface area contributed by atoms with Crippen LogP contribution in [0.3, 0.4) is 0 Å². The van der Waals surface area contributed by atoms with E-state index < -0.39 is 0 Å². The van der Waals surface area contributed by atoms with Gasteiger partial charge in [-0.05, 0) is 25.8 Å². The lowest BCUT2D eigenvalue weighted by atomic mass is 10.0. The van der Waals surface area contributed by atoms with E-state index in [0.717, 1.165) is 25.8 Å². The standard InChI is InChI=1S/C10H17N3O/c1-8(10(12)14)7-13-5-3-2-4-9(13)6-11/h8-9H,2-5,7H2,1H3,(H2,12,14). The van der Waals surface area contributed by atoms with Gasteiger partial charge in [0.05, 0.1) is 12.1 Å². The number of likely N-dealkylation sites (tertiary alicyclic amines) is 1. The molecular formula is C10H17N3O. The molecule has 1 rings (SSSR count). The zero-order chi connectivity index (χ0) is 10.6. The number of rotatable bonds is 3. The van der Waals surface area contributed by atoms with E-state index in [-0.39, 0.29) is 17.9 Å². The Morgan fingerprint density at radius 2 is 2.43 bits per heavy atom. The van der Waals surface area contributed by atoms with Gasteiger partial charge < -0.3 is 5.73 Å². The van der Waals surface area contributed by atoms with Gasteiger partial charge in [-0.1, -0.05) is 6.92 Å². The van der Waals surface area contributed by atoms with Crippen molar-refractivity contribution >= 4 is 5.91 Å². The SMILES string of the molecule is CC(CN1CCCCC1C#N)C(N)=O. The lowest BCUT2D eigenvalue weighted by Gasteiger charge is -2.32. The van der Waals surface area contributed by atoms with Gasteiger partial charge in [-0.25, -0.2) is 0 Å². The molecule has 2 N–H and O–H groups in total. The summed E-state index contributed by atoms with van der Waals surface area (Å²) in [7, 11) is 0. The van der Waals surface area contributed by atoms with Crippen LogP contribution in [0.15, 0.2) is 0 Å². The van der Waals surface area contributed by atoms with E-state index in [1.165, 1.54) is 0 Å². The van der Waals surface area contributed by atoms with Gasteiger partial charge in [0, 0.05) is 12.5 Å². The molecule has 0 spiro atoms. The Morgan fingerprint density at radius 1 is 1.71 bits per heavy atom. The molecule has 0 aliphatic carbocycles. The molecule has 4 heteroatoms. The fourth-order valence-electron chi connectivity index (χ4n) is 1.80. The van der Waals surface area contributed by atoms with Crippen molar-refractivity contribution in [3.05, 3.63) is 0 Å². The monoisotopic (exact) mass is 195 g/mol. The molecular weight excluding hydrogens is 178 g/mol. The summed E-state index contributed by atoms with van der Waals surface area (Å²) in [5.41, 5.74) is 5.19. The smallest absolute Gasteiger partial charge is 0.221 e. The number of nitrogens with two attached hydrogens (primary N) is 1. The Bertz CT molecular complexity index is 246. The van der Waals surface area contributed by atoms with Crippen LogP contribution in [0.5, 0.6) is 0 Å². The van der Waals surface area contributed by atoms with E-state index in [2.05, 4.69) is 11.0 Å². The molecule has 1 aliphatic rings. The highest BCUT2D eigenvalue weighted by molar-refractivity contribution is 5.76. The van der Waals surface area contributed by atoms with E-state index in [4.69, 9.17) is 11.0 Å². The molecule has 2 atom stereocenters. The van der Waals surface area contributed by atoms with E-state index in [1.807, 2.05) is 6.92 Å². The predicted octanol–water partition coefficient (Wildman–Crippen LogP) is 0.486. The van der Waals surface area contributed by atoms with Gasteiger partial charge in [0.1, 0.15) is 0 Å². The first-order valence-corrected chi connectivity index (χ1v) is 5.08. The largest absolute Gasteiger partial charge is 0.369 e. The van der Waals surface area contributed by atoms with E-state index in [9.17, 15) is 4.79 Å². The van der Waals surface area contributed by atoms with Gasteiger partial charge in [0.15, 0.2) is 0 Å². The van der Waals surface area contributed by atoms with Crippen molar-refractivity contribution < 1.29 is 4.79 Å².